The van der Waals surface area contributed by atoms with E-state index in [1.165, 1.54) is 0 Å². The number of hydrogen-bond acceptors (Lipinski definition) is 11. The molecule has 0 aromatic heterocycles. The second-order valence-electron chi connectivity index (χ2n) is 6.86. The number of hydrogen-bond donors (Lipinski definition) is 0. The molecule has 0 aliphatic carbocycles. The second-order valence-corrected chi connectivity index (χ2v) is 9.05. The summed E-state index contributed by atoms with van der Waals surface area (Å²) in [7, 11) is 0. The first-order valence-electron chi connectivity index (χ1n) is 10.8. The Hall–Kier alpha value is -2.60. The van der Waals surface area contributed by atoms with Gasteiger partial charge < -0.3 is 55.3 Å². The van der Waals surface area contributed by atoms with Crippen LogP contribution in [0.15, 0.2) is 121 Å². The van der Waals surface area contributed by atoms with Gasteiger partial charge >= 0.3 is 0 Å². The number of thiocarbonyl (C=S) groups is 4. The molecule has 4 rings (SSSR count). The van der Waals surface area contributed by atoms with Crippen molar-refractivity contribution in [2.24, 2.45) is 0 Å². The van der Waals surface area contributed by atoms with Crippen LogP contribution in [0.2, 0.25) is 0 Å². The van der Waals surface area contributed by atoms with E-state index in [4.69, 9.17) is 24.8 Å². The first-order chi connectivity index (χ1) is 18.8. The van der Waals surface area contributed by atoms with Crippen molar-refractivity contribution in [1.82, 2.24) is 0 Å². The fourth-order valence-electron chi connectivity index (χ4n) is 2.44. The van der Waals surface area contributed by atoms with Crippen molar-refractivity contribution in [3.63, 3.8) is 0 Å². The maximum absolute atomic E-state index is 9.79. The van der Waals surface area contributed by atoms with Gasteiger partial charge in [-0.2, -0.15) is 0 Å². The molecule has 0 spiro atoms. The molecule has 0 atom stereocenters. The summed E-state index contributed by atoms with van der Waals surface area (Å²) < 4.78 is 0.538. The van der Waals surface area contributed by atoms with Crippen molar-refractivity contribution in [2.45, 2.75) is 0 Å². The standard InChI is InChI=1S/3C7H6O2S.C7H6S2.Re/c3*8-9-7(10)6-4-2-1-3-5-6;8-7(9)6-4-2-1-3-5-6;/h3*1-5,8H;1-5H,(H,8,9);/p-4. The van der Waals surface area contributed by atoms with Crippen molar-refractivity contribution in [1.29, 1.82) is 0 Å². The quantitative estimate of drug-likeness (QED) is 0.130. The van der Waals surface area contributed by atoms with E-state index in [2.05, 4.69) is 51.3 Å². The predicted molar refractivity (Wildman–Crippen MR) is 163 cm³/mol. The summed E-state index contributed by atoms with van der Waals surface area (Å²) in [5, 5.41) is 29.3. The van der Waals surface area contributed by atoms with Gasteiger partial charge in [-0.1, -0.05) is 121 Å². The first-order valence-corrected chi connectivity index (χ1v) is 12.8. The molecular weight excluding hydrogens is 779 g/mol. The van der Waals surface area contributed by atoms with Crippen LogP contribution in [0.25, 0.3) is 0 Å². The van der Waals surface area contributed by atoms with Gasteiger partial charge in [-0.3, -0.25) is 0 Å². The fourth-order valence-corrected chi connectivity index (χ4v) is 3.12. The Balaban J connectivity index is 0.000000503. The average molecular weight is 799 g/mol. The zero-order valence-electron chi connectivity index (χ0n) is 20.4. The third-order valence-electron chi connectivity index (χ3n) is 4.27. The molecular formula is C28H20O6ReS5-4. The van der Waals surface area contributed by atoms with E-state index in [0.717, 1.165) is 5.56 Å². The van der Waals surface area contributed by atoms with Gasteiger partial charge in [0.15, 0.2) is 15.2 Å². The molecule has 40 heavy (non-hydrogen) atoms. The van der Waals surface area contributed by atoms with Crippen LogP contribution < -0.4 is 15.8 Å². The van der Waals surface area contributed by atoms with Crippen molar-refractivity contribution in [3.8, 4) is 0 Å². The minimum Gasteiger partial charge on any atom is -0.663 e. The molecule has 1 radical (unpaired) electrons. The average Bonchev–Trinajstić information content (AvgIpc) is 3.02. The van der Waals surface area contributed by atoms with E-state index in [1.807, 2.05) is 48.5 Å². The first kappa shape index (κ1) is 37.4. The van der Waals surface area contributed by atoms with Crippen molar-refractivity contribution < 1.29 is 50.9 Å². The van der Waals surface area contributed by atoms with Gasteiger partial charge in [0.25, 0.3) is 0 Å². The maximum Gasteiger partial charge on any atom is 0.185 e. The molecule has 4 aromatic rings. The summed E-state index contributed by atoms with van der Waals surface area (Å²) in [6, 6.07) is 36.2. The van der Waals surface area contributed by atoms with Gasteiger partial charge in [-0.25, -0.2) is 0 Å². The summed E-state index contributed by atoms with van der Waals surface area (Å²) in [5.41, 5.74) is 2.90. The van der Waals surface area contributed by atoms with Crippen LogP contribution in [0.5, 0.6) is 0 Å². The molecule has 0 unspecified atom stereocenters. The SMILES string of the molecule is S=C([S-])c1ccccc1.[O-]OC(=S)c1ccccc1.[O-]OC(=S)c1ccccc1.[O-]OC(=S)c1ccccc1.[Re]. The Morgan fingerprint density at radius 2 is 0.625 bits per heavy atom. The van der Waals surface area contributed by atoms with Crippen molar-refractivity contribution >= 4 is 80.8 Å². The number of benzene rings is 4. The second kappa shape index (κ2) is 23.1. The van der Waals surface area contributed by atoms with E-state index in [0.29, 0.717) is 20.9 Å². The van der Waals surface area contributed by atoms with Gasteiger partial charge in [0.05, 0.1) is 0 Å². The van der Waals surface area contributed by atoms with Crippen LogP contribution in [0.3, 0.4) is 0 Å². The zero-order chi connectivity index (χ0) is 28.9. The predicted octanol–water partition coefficient (Wildman–Crippen LogP) is 3.87. The third kappa shape index (κ3) is 15.9. The minimum atomic E-state index is -0.0133. The molecule has 12 heteroatoms. The molecule has 209 valence electrons. The molecule has 0 amide bonds. The molecule has 0 fully saturated rings. The molecule has 0 saturated carbocycles. The Bertz CT molecular complexity index is 1160. The zero-order valence-corrected chi connectivity index (χ0v) is 27.2. The summed E-state index contributed by atoms with van der Waals surface area (Å²) >= 11 is 23.3. The van der Waals surface area contributed by atoms with Gasteiger partial charge in [0, 0.05) is 37.1 Å². The van der Waals surface area contributed by atoms with Crippen LogP contribution in [-0.2, 0) is 47.7 Å². The summed E-state index contributed by atoms with van der Waals surface area (Å²) in [4.78, 5) is 10.9. The monoisotopic (exact) mass is 799 g/mol. The Morgan fingerprint density at radius 1 is 0.425 bits per heavy atom. The molecule has 0 aliphatic heterocycles. The summed E-state index contributed by atoms with van der Waals surface area (Å²) in [6.07, 6.45) is 0. The smallest absolute Gasteiger partial charge is 0.185 e. The van der Waals surface area contributed by atoms with Gasteiger partial charge in [0.2, 0.25) is 0 Å². The molecule has 0 bridgehead atoms. The summed E-state index contributed by atoms with van der Waals surface area (Å²) in [5.74, 6) is 0. The third-order valence-corrected chi connectivity index (χ3v) is 5.65. The van der Waals surface area contributed by atoms with Crippen LogP contribution >= 0.6 is 48.9 Å². The molecule has 0 aliphatic rings. The fraction of sp³-hybridized carbons (Fsp3) is 0. The molecule has 0 N–H and O–H groups in total. The van der Waals surface area contributed by atoms with Gasteiger partial charge in [-0.05, 0) is 42.2 Å². The number of rotatable bonds is 4. The van der Waals surface area contributed by atoms with E-state index < -0.39 is 0 Å². The van der Waals surface area contributed by atoms with Gasteiger partial charge in [-0.15, -0.1) is 4.20 Å². The molecule has 0 saturated heterocycles. The van der Waals surface area contributed by atoms with Crippen LogP contribution in [0.1, 0.15) is 22.3 Å². The van der Waals surface area contributed by atoms with Crippen molar-refractivity contribution in [3.05, 3.63) is 144 Å². The van der Waals surface area contributed by atoms with Gasteiger partial charge in [0.1, 0.15) is 0 Å². The van der Waals surface area contributed by atoms with Crippen LogP contribution in [-0.4, -0.2) is 19.3 Å². The van der Waals surface area contributed by atoms with Crippen molar-refractivity contribution in [2.75, 3.05) is 0 Å². The normalized spacial score (nSPS) is 8.68. The van der Waals surface area contributed by atoms with Crippen LogP contribution in [0, 0.1) is 0 Å². The largest absolute Gasteiger partial charge is 0.663 e. The molecule has 0 heterocycles. The maximum atomic E-state index is 9.79. The Labute approximate surface area is 273 Å². The Kier molecular flexibility index (Phi) is 21.6. The van der Waals surface area contributed by atoms with E-state index in [9.17, 15) is 15.8 Å². The van der Waals surface area contributed by atoms with Crippen LogP contribution in [0.4, 0.5) is 0 Å². The summed E-state index contributed by atoms with van der Waals surface area (Å²) in [6.45, 7) is 0. The molecule has 4 aromatic carbocycles. The van der Waals surface area contributed by atoms with E-state index >= 15 is 0 Å². The molecule has 6 nitrogen and oxygen atoms in total. The topological polar surface area (TPSA) is 96.9 Å². The van der Waals surface area contributed by atoms with E-state index in [-0.39, 0.29) is 35.6 Å². The minimum absolute atomic E-state index is 0. The Morgan fingerprint density at radius 3 is 0.775 bits per heavy atom. The van der Waals surface area contributed by atoms with E-state index in [1.54, 1.807) is 72.8 Å².